The van der Waals surface area contributed by atoms with Gasteiger partial charge in [-0.25, -0.2) is 4.98 Å². The quantitative estimate of drug-likeness (QED) is 0.460. The predicted octanol–water partition coefficient (Wildman–Crippen LogP) is 1.79. The van der Waals surface area contributed by atoms with Crippen LogP contribution in [0.15, 0.2) is 34.7 Å². The molecule has 0 bridgehead atoms. The zero-order valence-electron chi connectivity index (χ0n) is 9.14. The van der Waals surface area contributed by atoms with Gasteiger partial charge in [-0.3, -0.25) is 9.79 Å². The number of carbonyl (C=O) groups is 1. The van der Waals surface area contributed by atoms with Crippen molar-refractivity contribution in [1.82, 2.24) is 4.98 Å². The van der Waals surface area contributed by atoms with Gasteiger partial charge in [-0.15, -0.1) is 0 Å². The summed E-state index contributed by atoms with van der Waals surface area (Å²) in [4.78, 5) is 19.0. The first-order valence-electron chi connectivity index (χ1n) is 4.67. The van der Waals surface area contributed by atoms with E-state index in [0.29, 0.717) is 5.69 Å². The van der Waals surface area contributed by atoms with Crippen molar-refractivity contribution >= 4 is 23.5 Å². The molecule has 16 heavy (non-hydrogen) atoms. The van der Waals surface area contributed by atoms with Gasteiger partial charge in [0.2, 0.25) is 0 Å². The van der Waals surface area contributed by atoms with Crippen LogP contribution in [0.5, 0.6) is 0 Å². The maximum atomic E-state index is 11.1. The molecule has 84 valence electrons. The molecular formula is C11H13N3O2. The minimum Gasteiger partial charge on any atom is -0.512 e. The molecule has 0 radical (unpaired) electrons. The van der Waals surface area contributed by atoms with Crippen LogP contribution in [-0.4, -0.2) is 22.1 Å². The van der Waals surface area contributed by atoms with E-state index in [2.05, 4.69) is 9.98 Å². The van der Waals surface area contributed by atoms with E-state index in [-0.39, 0.29) is 22.9 Å². The highest BCUT2D eigenvalue weighted by Crippen LogP contribution is 2.17. The first-order valence-corrected chi connectivity index (χ1v) is 4.67. The summed E-state index contributed by atoms with van der Waals surface area (Å²) >= 11 is 0. The lowest BCUT2D eigenvalue weighted by atomic mass is 10.2. The zero-order valence-corrected chi connectivity index (χ0v) is 9.14. The molecule has 0 amide bonds. The number of allylic oxidation sites excluding steroid dienone is 2. The first kappa shape index (κ1) is 11.9. The van der Waals surface area contributed by atoms with E-state index in [0.717, 1.165) is 0 Å². The summed E-state index contributed by atoms with van der Waals surface area (Å²) in [5.41, 5.74) is 6.19. The maximum Gasteiger partial charge on any atom is 0.164 e. The molecular weight excluding hydrogens is 206 g/mol. The smallest absolute Gasteiger partial charge is 0.164 e. The third-order valence-corrected chi connectivity index (χ3v) is 1.92. The van der Waals surface area contributed by atoms with Gasteiger partial charge in [0.15, 0.2) is 5.78 Å². The second kappa shape index (κ2) is 5.06. The van der Waals surface area contributed by atoms with Gasteiger partial charge in [0.1, 0.15) is 17.3 Å². The van der Waals surface area contributed by atoms with Gasteiger partial charge >= 0.3 is 0 Å². The third-order valence-electron chi connectivity index (χ3n) is 1.92. The number of ketones is 1. The number of aliphatic imine (C=N–C) groups is 1. The number of Topliss-reactive ketones (excluding diaryl/α,β-unsaturated/α-hetero) is 1. The van der Waals surface area contributed by atoms with E-state index in [1.54, 1.807) is 18.3 Å². The fourth-order valence-electron chi connectivity index (χ4n) is 1.09. The standard InChI is InChI=1S/C11H13N3O2/c1-7(15)9(8(2)16)6-14-10-4-3-5-13-11(10)12/h3-6,15H,1-2H3,(H2,12,13)/b9-7+,14-6?. The van der Waals surface area contributed by atoms with Crippen molar-refractivity contribution < 1.29 is 9.90 Å². The van der Waals surface area contributed by atoms with Crippen molar-refractivity contribution in [1.29, 1.82) is 0 Å². The predicted molar refractivity (Wildman–Crippen MR) is 62.8 cm³/mol. The van der Waals surface area contributed by atoms with Crippen LogP contribution in [0, 0.1) is 0 Å². The van der Waals surface area contributed by atoms with Gasteiger partial charge < -0.3 is 10.8 Å². The van der Waals surface area contributed by atoms with Crippen molar-refractivity contribution in [2.24, 2.45) is 4.99 Å². The van der Waals surface area contributed by atoms with Crippen molar-refractivity contribution in [3.8, 4) is 0 Å². The Morgan fingerprint density at radius 2 is 2.25 bits per heavy atom. The highest BCUT2D eigenvalue weighted by Gasteiger charge is 2.05. The average molecular weight is 219 g/mol. The minimum absolute atomic E-state index is 0.0706. The summed E-state index contributed by atoms with van der Waals surface area (Å²) in [5.74, 6) is -0.0535. The third kappa shape index (κ3) is 2.91. The number of nitrogens with two attached hydrogens (primary N) is 1. The number of aliphatic hydroxyl groups is 1. The second-order valence-corrected chi connectivity index (χ2v) is 3.22. The van der Waals surface area contributed by atoms with Crippen LogP contribution < -0.4 is 5.73 Å². The molecule has 5 nitrogen and oxygen atoms in total. The number of carbonyl (C=O) groups excluding carboxylic acids is 1. The molecule has 1 aromatic heterocycles. The molecule has 0 aliphatic carbocycles. The topological polar surface area (TPSA) is 88.6 Å². The van der Waals surface area contributed by atoms with Crippen molar-refractivity contribution in [3.05, 3.63) is 29.7 Å². The molecule has 0 saturated carbocycles. The van der Waals surface area contributed by atoms with Gasteiger partial charge in [-0.1, -0.05) is 0 Å². The summed E-state index contributed by atoms with van der Waals surface area (Å²) in [6, 6.07) is 3.36. The molecule has 0 aliphatic rings. The number of anilines is 1. The van der Waals surface area contributed by atoms with Crippen LogP contribution in [-0.2, 0) is 4.79 Å². The van der Waals surface area contributed by atoms with Crippen molar-refractivity contribution in [2.75, 3.05) is 5.73 Å². The van der Waals surface area contributed by atoms with Gasteiger partial charge in [0.05, 0.1) is 5.57 Å². The number of pyridine rings is 1. The molecule has 0 unspecified atom stereocenters. The lowest BCUT2D eigenvalue weighted by molar-refractivity contribution is -0.113. The Labute approximate surface area is 93.3 Å². The van der Waals surface area contributed by atoms with Gasteiger partial charge in [-0.05, 0) is 26.0 Å². The Hall–Kier alpha value is -2.17. The Balaban J connectivity index is 3.02. The summed E-state index contributed by atoms with van der Waals surface area (Å²) in [7, 11) is 0. The first-order chi connectivity index (χ1) is 7.52. The molecule has 1 rings (SSSR count). The number of hydrogen-bond donors (Lipinski definition) is 2. The monoisotopic (exact) mass is 219 g/mol. The Morgan fingerprint density at radius 1 is 1.56 bits per heavy atom. The van der Waals surface area contributed by atoms with Gasteiger partial charge in [0.25, 0.3) is 0 Å². The van der Waals surface area contributed by atoms with Crippen LogP contribution in [0.3, 0.4) is 0 Å². The number of aromatic nitrogens is 1. The maximum absolute atomic E-state index is 11.1. The Morgan fingerprint density at radius 3 is 2.75 bits per heavy atom. The molecule has 5 heteroatoms. The Bertz CT molecular complexity index is 460. The van der Waals surface area contributed by atoms with Crippen molar-refractivity contribution in [2.45, 2.75) is 13.8 Å². The molecule has 0 aliphatic heterocycles. The van der Waals surface area contributed by atoms with Crippen LogP contribution in [0.25, 0.3) is 0 Å². The van der Waals surface area contributed by atoms with E-state index in [1.165, 1.54) is 20.1 Å². The summed E-state index contributed by atoms with van der Waals surface area (Å²) in [5, 5.41) is 9.25. The van der Waals surface area contributed by atoms with E-state index in [1.807, 2.05) is 0 Å². The highest BCUT2D eigenvalue weighted by molar-refractivity contribution is 6.13. The summed E-state index contributed by atoms with van der Waals surface area (Å²) in [6.45, 7) is 2.78. The number of hydrogen-bond acceptors (Lipinski definition) is 5. The van der Waals surface area contributed by atoms with Gasteiger partial charge in [-0.2, -0.15) is 0 Å². The average Bonchev–Trinajstić information content (AvgIpc) is 2.20. The van der Waals surface area contributed by atoms with Crippen LogP contribution >= 0.6 is 0 Å². The number of rotatable bonds is 3. The fourth-order valence-corrected chi connectivity index (χ4v) is 1.09. The van der Waals surface area contributed by atoms with E-state index in [9.17, 15) is 9.90 Å². The second-order valence-electron chi connectivity index (χ2n) is 3.22. The van der Waals surface area contributed by atoms with E-state index < -0.39 is 0 Å². The lowest BCUT2D eigenvalue weighted by Crippen LogP contribution is -2.01. The van der Waals surface area contributed by atoms with Crippen molar-refractivity contribution in [3.63, 3.8) is 0 Å². The van der Waals surface area contributed by atoms with Crippen LogP contribution in [0.1, 0.15) is 13.8 Å². The zero-order chi connectivity index (χ0) is 12.1. The van der Waals surface area contributed by atoms with E-state index in [4.69, 9.17) is 5.73 Å². The molecule has 0 fully saturated rings. The van der Waals surface area contributed by atoms with E-state index >= 15 is 0 Å². The largest absolute Gasteiger partial charge is 0.512 e. The van der Waals surface area contributed by atoms with Gasteiger partial charge in [0, 0.05) is 12.4 Å². The molecule has 0 spiro atoms. The lowest BCUT2D eigenvalue weighted by Gasteiger charge is -1.99. The summed E-state index contributed by atoms with van der Waals surface area (Å²) < 4.78 is 0. The molecule has 1 heterocycles. The van der Waals surface area contributed by atoms with Crippen LogP contribution in [0.2, 0.25) is 0 Å². The fraction of sp³-hybridized carbons (Fsp3) is 0.182. The molecule has 0 saturated heterocycles. The highest BCUT2D eigenvalue weighted by atomic mass is 16.3. The molecule has 3 N–H and O–H groups in total. The normalized spacial score (nSPS) is 12.6. The van der Waals surface area contributed by atoms with Crippen LogP contribution in [0.4, 0.5) is 11.5 Å². The molecule has 0 atom stereocenters. The SMILES string of the molecule is CC(=O)/C(C=Nc1cccnc1N)=C(\C)O. The Kier molecular flexibility index (Phi) is 3.77. The minimum atomic E-state index is -0.258. The number of aliphatic hydroxyl groups excluding tert-OH is 1. The molecule has 0 aromatic carbocycles. The number of nitrogens with zero attached hydrogens (tertiary/aromatic N) is 2. The summed E-state index contributed by atoms with van der Waals surface area (Å²) in [6.07, 6.45) is 2.83. The molecule has 1 aromatic rings. The number of nitrogen functional groups attached to an aromatic ring is 1.